The molecule has 0 spiro atoms. The van der Waals surface area contributed by atoms with Gasteiger partial charge in [-0.3, -0.25) is 4.90 Å². The van der Waals surface area contributed by atoms with Gasteiger partial charge in [0.2, 0.25) is 0 Å². The highest BCUT2D eigenvalue weighted by Gasteiger charge is 2.17. The first kappa shape index (κ1) is 12.5. The summed E-state index contributed by atoms with van der Waals surface area (Å²) in [5.41, 5.74) is 0. The maximum Gasteiger partial charge on any atom is 0.151 e. The topological polar surface area (TPSA) is 37.4 Å². The molecule has 0 unspecified atom stereocenters. The van der Waals surface area contributed by atoms with Crippen LogP contribution < -0.4 is 0 Å². The van der Waals surface area contributed by atoms with Gasteiger partial charge in [0.15, 0.2) is 9.84 Å². The minimum Gasteiger partial charge on any atom is -0.291 e. The molecule has 0 aromatic heterocycles. The van der Waals surface area contributed by atoms with Gasteiger partial charge in [-0.1, -0.05) is 25.7 Å². The Morgan fingerprint density at radius 1 is 1.27 bits per heavy atom. The summed E-state index contributed by atoms with van der Waals surface area (Å²) in [7, 11) is -2.78. The van der Waals surface area contributed by atoms with Crippen molar-refractivity contribution in [1.82, 2.24) is 4.90 Å². The van der Waals surface area contributed by atoms with E-state index in [-0.39, 0.29) is 5.75 Å². The molecule has 0 amide bonds. The summed E-state index contributed by atoms with van der Waals surface area (Å²) in [6.07, 6.45) is 0.742. The van der Waals surface area contributed by atoms with Crippen molar-refractivity contribution in [3.8, 4) is 11.8 Å². The number of hydrogen-bond donors (Lipinski definition) is 0. The summed E-state index contributed by atoms with van der Waals surface area (Å²) >= 11 is 0. The van der Waals surface area contributed by atoms with E-state index in [0.717, 1.165) is 13.0 Å². The third kappa shape index (κ3) is 5.19. The van der Waals surface area contributed by atoms with Crippen LogP contribution in [0.5, 0.6) is 0 Å². The van der Waals surface area contributed by atoms with E-state index in [9.17, 15) is 8.42 Å². The molecule has 3 nitrogen and oxygen atoms in total. The average molecular weight is 229 g/mol. The van der Waals surface area contributed by atoms with Crippen LogP contribution in [-0.2, 0) is 9.84 Å². The van der Waals surface area contributed by atoms with Gasteiger partial charge in [-0.05, 0) is 6.42 Å². The molecule has 0 bridgehead atoms. The van der Waals surface area contributed by atoms with Crippen molar-refractivity contribution in [3.05, 3.63) is 0 Å². The molecule has 0 aliphatic carbocycles. The highest BCUT2D eigenvalue weighted by atomic mass is 32.2. The first-order valence-corrected chi connectivity index (χ1v) is 7.23. The summed E-state index contributed by atoms with van der Waals surface area (Å²) in [5, 5.41) is 0. The molecule has 0 aromatic carbocycles. The Hall–Kier alpha value is -0.530. The van der Waals surface area contributed by atoms with Crippen molar-refractivity contribution < 1.29 is 8.42 Å². The molecule has 1 aliphatic heterocycles. The fourth-order valence-corrected chi connectivity index (χ4v) is 2.82. The van der Waals surface area contributed by atoms with Gasteiger partial charge in [0.1, 0.15) is 0 Å². The van der Waals surface area contributed by atoms with Gasteiger partial charge in [0.25, 0.3) is 0 Å². The molecule has 15 heavy (non-hydrogen) atoms. The molecule has 0 N–H and O–H groups in total. The van der Waals surface area contributed by atoms with Gasteiger partial charge in [0, 0.05) is 19.0 Å². The summed E-state index contributed by atoms with van der Waals surface area (Å²) < 4.78 is 22.7. The summed E-state index contributed by atoms with van der Waals surface area (Å²) in [6.45, 7) is 6.30. The number of hydrogen-bond acceptors (Lipinski definition) is 3. The van der Waals surface area contributed by atoms with Crippen LogP contribution in [0, 0.1) is 17.8 Å². The van der Waals surface area contributed by atoms with Crippen molar-refractivity contribution in [2.24, 2.45) is 5.92 Å². The zero-order valence-corrected chi connectivity index (χ0v) is 10.3. The lowest BCUT2D eigenvalue weighted by atomic mass is 10.2. The van der Waals surface area contributed by atoms with Crippen molar-refractivity contribution in [2.75, 3.05) is 31.1 Å². The van der Waals surface area contributed by atoms with Gasteiger partial charge in [-0.15, -0.1) is 0 Å². The minimum absolute atomic E-state index is 0.288. The standard InChI is InChI=1S/C11H19NO2S/c1-11(2)5-3-6-12-7-4-9-15(13,14)10-8-12/h11H,4,6-10H2,1-2H3. The van der Waals surface area contributed by atoms with Crippen molar-refractivity contribution in [3.63, 3.8) is 0 Å². The lowest BCUT2D eigenvalue weighted by molar-refractivity contribution is 0.332. The Bertz CT molecular complexity index is 349. The van der Waals surface area contributed by atoms with Gasteiger partial charge in [-0.25, -0.2) is 8.42 Å². The zero-order valence-electron chi connectivity index (χ0n) is 9.49. The van der Waals surface area contributed by atoms with Gasteiger partial charge < -0.3 is 0 Å². The third-order valence-electron chi connectivity index (χ3n) is 2.34. The van der Waals surface area contributed by atoms with Crippen LogP contribution in [0.1, 0.15) is 20.3 Å². The van der Waals surface area contributed by atoms with Crippen LogP contribution in [0.2, 0.25) is 0 Å². The van der Waals surface area contributed by atoms with E-state index >= 15 is 0 Å². The maximum atomic E-state index is 11.3. The second kappa shape index (κ2) is 5.53. The average Bonchev–Trinajstić information content (AvgIpc) is 2.27. The fourth-order valence-electron chi connectivity index (χ4n) is 1.51. The molecular formula is C11H19NO2S. The van der Waals surface area contributed by atoms with Crippen LogP contribution >= 0.6 is 0 Å². The molecular weight excluding hydrogens is 210 g/mol. The Balaban J connectivity index is 2.43. The largest absolute Gasteiger partial charge is 0.291 e. The quantitative estimate of drug-likeness (QED) is 0.623. The summed E-state index contributed by atoms with van der Waals surface area (Å²) in [6, 6.07) is 0. The Labute approximate surface area is 92.8 Å². The Morgan fingerprint density at radius 3 is 2.67 bits per heavy atom. The van der Waals surface area contributed by atoms with Crippen LogP contribution in [0.25, 0.3) is 0 Å². The van der Waals surface area contributed by atoms with Gasteiger partial charge >= 0.3 is 0 Å². The minimum atomic E-state index is -2.78. The highest BCUT2D eigenvalue weighted by Crippen LogP contribution is 2.04. The van der Waals surface area contributed by atoms with E-state index in [4.69, 9.17) is 0 Å². The maximum absolute atomic E-state index is 11.3. The molecule has 1 aliphatic rings. The van der Waals surface area contributed by atoms with E-state index in [2.05, 4.69) is 30.6 Å². The number of rotatable bonds is 1. The summed E-state index contributed by atoms with van der Waals surface area (Å²) in [4.78, 5) is 2.12. The smallest absolute Gasteiger partial charge is 0.151 e. The number of sulfone groups is 1. The van der Waals surface area contributed by atoms with Gasteiger partial charge in [0.05, 0.1) is 18.1 Å². The lowest BCUT2D eigenvalue weighted by Gasteiger charge is -2.14. The molecule has 1 rings (SSSR count). The normalized spacial score (nSPS) is 21.8. The second-order valence-electron chi connectivity index (χ2n) is 4.26. The van der Waals surface area contributed by atoms with Crippen LogP contribution in [0.15, 0.2) is 0 Å². The lowest BCUT2D eigenvalue weighted by Crippen LogP contribution is -2.27. The molecule has 1 heterocycles. The first-order valence-electron chi connectivity index (χ1n) is 5.41. The predicted molar refractivity (Wildman–Crippen MR) is 62.3 cm³/mol. The van der Waals surface area contributed by atoms with E-state index in [1.54, 1.807) is 0 Å². The molecule has 1 saturated heterocycles. The molecule has 0 atom stereocenters. The van der Waals surface area contributed by atoms with E-state index < -0.39 is 9.84 Å². The van der Waals surface area contributed by atoms with Crippen LogP contribution in [-0.4, -0.2) is 44.5 Å². The molecule has 0 saturated carbocycles. The molecule has 4 heteroatoms. The summed E-state index contributed by atoms with van der Waals surface area (Å²) in [5.74, 6) is 7.20. The number of nitrogens with zero attached hydrogens (tertiary/aromatic N) is 1. The molecule has 0 radical (unpaired) electrons. The van der Waals surface area contributed by atoms with E-state index in [1.807, 2.05) is 0 Å². The monoisotopic (exact) mass is 229 g/mol. The highest BCUT2D eigenvalue weighted by molar-refractivity contribution is 7.91. The van der Waals surface area contributed by atoms with Crippen molar-refractivity contribution in [1.29, 1.82) is 0 Å². The predicted octanol–water partition coefficient (Wildman–Crippen LogP) is 0.766. The zero-order chi connectivity index (χ0) is 11.3. The van der Waals surface area contributed by atoms with Gasteiger partial charge in [-0.2, -0.15) is 0 Å². The molecule has 1 fully saturated rings. The Kier molecular flexibility index (Phi) is 4.62. The van der Waals surface area contributed by atoms with E-state index in [1.165, 1.54) is 0 Å². The van der Waals surface area contributed by atoms with Crippen molar-refractivity contribution in [2.45, 2.75) is 20.3 Å². The van der Waals surface area contributed by atoms with Crippen molar-refractivity contribution >= 4 is 9.84 Å². The SMILES string of the molecule is CC(C)C#CCN1CCCS(=O)(=O)CC1. The second-order valence-corrected chi connectivity index (χ2v) is 6.56. The van der Waals surface area contributed by atoms with Crippen LogP contribution in [0.4, 0.5) is 0 Å². The van der Waals surface area contributed by atoms with Crippen LogP contribution in [0.3, 0.4) is 0 Å². The first-order chi connectivity index (χ1) is 6.99. The Morgan fingerprint density at radius 2 is 2.00 bits per heavy atom. The molecule has 0 aromatic rings. The third-order valence-corrected chi connectivity index (χ3v) is 4.06. The van der Waals surface area contributed by atoms with E-state index in [0.29, 0.717) is 24.8 Å². The fraction of sp³-hybridized carbons (Fsp3) is 0.818. The molecule has 86 valence electrons.